The van der Waals surface area contributed by atoms with E-state index in [9.17, 15) is 14.4 Å². The van der Waals surface area contributed by atoms with Gasteiger partial charge in [-0.15, -0.1) is 14.2 Å². The molecule has 185 valence electrons. The zero-order valence-electron chi connectivity index (χ0n) is 18.7. The molecule has 34 heavy (non-hydrogen) atoms. The van der Waals surface area contributed by atoms with Gasteiger partial charge in [0.1, 0.15) is 17.5 Å². The van der Waals surface area contributed by atoms with E-state index in [4.69, 9.17) is 15.6 Å². The van der Waals surface area contributed by atoms with Gasteiger partial charge >= 0.3 is 34.1 Å². The summed E-state index contributed by atoms with van der Waals surface area (Å²) >= 11 is 0. The third-order valence-corrected chi connectivity index (χ3v) is 3.43. The topological polar surface area (TPSA) is 201 Å². The Hall–Kier alpha value is -4.04. The van der Waals surface area contributed by atoms with Crippen LogP contribution in [0.5, 0.6) is 0 Å². The Morgan fingerprint density at radius 2 is 0.853 bits per heavy atom. The summed E-state index contributed by atoms with van der Waals surface area (Å²) in [4.78, 5) is 42.6. The number of hydrogen-bond donors (Lipinski definition) is 6. The van der Waals surface area contributed by atoms with E-state index in [1.807, 2.05) is 20.8 Å². The number of nitrogens with zero attached hydrogens (tertiary/aromatic N) is 6. The third-order valence-electron chi connectivity index (χ3n) is 3.43. The van der Waals surface area contributed by atoms with E-state index in [0.717, 1.165) is 0 Å². The van der Waals surface area contributed by atoms with E-state index in [-0.39, 0.29) is 17.1 Å². The van der Waals surface area contributed by atoms with Crippen LogP contribution in [0.2, 0.25) is 0 Å². The van der Waals surface area contributed by atoms with E-state index < -0.39 is 17.1 Å². The van der Waals surface area contributed by atoms with Gasteiger partial charge in [0.05, 0.1) is 18.6 Å². The van der Waals surface area contributed by atoms with Gasteiger partial charge in [0, 0.05) is 37.8 Å². The first kappa shape index (κ1) is 30.0. The van der Waals surface area contributed by atoms with Crippen molar-refractivity contribution in [2.24, 2.45) is 0 Å². The minimum atomic E-state index is -0.677. The van der Waals surface area contributed by atoms with Gasteiger partial charge in [0.2, 0.25) is 0 Å². The molecule has 3 rings (SSSR count). The molecular weight excluding hydrogens is 494 g/mol. The van der Waals surface area contributed by atoms with E-state index >= 15 is 0 Å². The molecule has 0 bridgehead atoms. The van der Waals surface area contributed by atoms with Crippen LogP contribution in [0.1, 0.15) is 20.8 Å². The predicted molar refractivity (Wildman–Crippen MR) is 120 cm³/mol. The van der Waals surface area contributed by atoms with E-state index in [2.05, 4.69) is 30.9 Å². The minimum absolute atomic E-state index is 0. The van der Waals surface area contributed by atoms with Gasteiger partial charge in [0.15, 0.2) is 0 Å². The van der Waals surface area contributed by atoms with Crippen LogP contribution < -0.4 is 33.0 Å². The molecule has 1 radical (unpaired) electrons. The van der Waals surface area contributed by atoms with Gasteiger partial charge < -0.3 is 31.6 Å². The van der Waals surface area contributed by atoms with Crippen molar-refractivity contribution < 1.29 is 32.7 Å². The molecule has 0 unspecified atom stereocenters. The molecular formula is C18H27FeN9O6+3. The van der Waals surface area contributed by atoms with Crippen LogP contribution in [0, 0.1) is 0 Å². The SMILES string of the molecule is CCNc1ccn(O)c(=O)n1.CCNc1ccn(O)c(=O)n1.CCNc1ccn(O)c(=O)n1.[Fe+3]. The summed E-state index contributed by atoms with van der Waals surface area (Å²) < 4.78 is 1.29. The van der Waals surface area contributed by atoms with Crippen LogP contribution in [0.3, 0.4) is 0 Å². The van der Waals surface area contributed by atoms with E-state index in [0.29, 0.717) is 51.3 Å². The number of rotatable bonds is 6. The second-order valence-corrected chi connectivity index (χ2v) is 5.91. The van der Waals surface area contributed by atoms with Gasteiger partial charge in [-0.25, -0.2) is 14.4 Å². The number of hydrogen-bond acceptors (Lipinski definition) is 12. The van der Waals surface area contributed by atoms with Gasteiger partial charge in [-0.2, -0.15) is 15.0 Å². The molecule has 0 aromatic carbocycles. The molecule has 16 heteroatoms. The van der Waals surface area contributed by atoms with Crippen molar-refractivity contribution in [2.45, 2.75) is 20.8 Å². The van der Waals surface area contributed by atoms with Crippen LogP contribution >= 0.6 is 0 Å². The smallest absolute Gasteiger partial charge is 0.424 e. The first-order chi connectivity index (χ1) is 15.7. The maximum Gasteiger partial charge on any atom is 3.00 e. The van der Waals surface area contributed by atoms with Crippen LogP contribution in [-0.4, -0.2) is 64.4 Å². The fourth-order valence-electron chi connectivity index (χ4n) is 2.03. The number of aromatic nitrogens is 6. The summed E-state index contributed by atoms with van der Waals surface area (Å²) in [6.07, 6.45) is 3.73. The third kappa shape index (κ3) is 10.5. The quantitative estimate of drug-likeness (QED) is 0.184. The van der Waals surface area contributed by atoms with Crippen molar-refractivity contribution in [3.63, 3.8) is 0 Å². The first-order valence-electron chi connectivity index (χ1n) is 9.80. The summed E-state index contributed by atoms with van der Waals surface area (Å²) in [6, 6.07) is 4.56. The van der Waals surface area contributed by atoms with Gasteiger partial charge in [-0.05, 0) is 20.8 Å². The van der Waals surface area contributed by atoms with Crippen molar-refractivity contribution >= 4 is 17.5 Å². The largest absolute Gasteiger partial charge is 3.00 e. The average molecular weight is 521 g/mol. The second kappa shape index (κ2) is 15.7. The molecule has 0 aliphatic carbocycles. The molecule has 0 spiro atoms. The zero-order chi connectivity index (χ0) is 24.8. The van der Waals surface area contributed by atoms with Crippen molar-refractivity contribution in [2.75, 3.05) is 35.6 Å². The Morgan fingerprint density at radius 1 is 0.618 bits per heavy atom. The summed E-state index contributed by atoms with van der Waals surface area (Å²) in [5.74, 6) is 1.42. The summed E-state index contributed by atoms with van der Waals surface area (Å²) in [6.45, 7) is 7.77. The van der Waals surface area contributed by atoms with Crippen molar-refractivity contribution in [3.05, 3.63) is 68.2 Å². The Labute approximate surface area is 204 Å². The fraction of sp³-hybridized carbons (Fsp3) is 0.333. The van der Waals surface area contributed by atoms with Crippen LogP contribution in [0.4, 0.5) is 17.5 Å². The second-order valence-electron chi connectivity index (χ2n) is 5.91. The molecule has 0 aliphatic heterocycles. The van der Waals surface area contributed by atoms with Crippen molar-refractivity contribution in [1.29, 1.82) is 0 Å². The summed E-state index contributed by atoms with van der Waals surface area (Å²) in [7, 11) is 0. The molecule has 0 saturated heterocycles. The average Bonchev–Trinajstić information content (AvgIpc) is 2.78. The van der Waals surface area contributed by atoms with E-state index in [1.54, 1.807) is 0 Å². The van der Waals surface area contributed by atoms with Crippen LogP contribution in [0.15, 0.2) is 51.2 Å². The molecule has 0 saturated carbocycles. The monoisotopic (exact) mass is 521 g/mol. The minimum Gasteiger partial charge on any atom is -0.424 e. The Balaban J connectivity index is 0.000000473. The zero-order valence-corrected chi connectivity index (χ0v) is 19.8. The number of anilines is 3. The molecule has 6 N–H and O–H groups in total. The maximum atomic E-state index is 10.7. The molecule has 3 aromatic heterocycles. The number of nitrogens with one attached hydrogen (secondary N) is 3. The maximum absolute atomic E-state index is 10.7. The molecule has 0 aliphatic rings. The Kier molecular flexibility index (Phi) is 13.8. The molecule has 3 aromatic rings. The Morgan fingerprint density at radius 3 is 1.03 bits per heavy atom. The first-order valence-corrected chi connectivity index (χ1v) is 9.80. The fourth-order valence-corrected chi connectivity index (χ4v) is 2.03. The molecule has 15 nitrogen and oxygen atoms in total. The van der Waals surface area contributed by atoms with Gasteiger partial charge in [-0.1, -0.05) is 0 Å². The van der Waals surface area contributed by atoms with Crippen molar-refractivity contribution in [1.82, 2.24) is 29.1 Å². The Bertz CT molecular complexity index is 1040. The van der Waals surface area contributed by atoms with Crippen LogP contribution in [-0.2, 0) is 17.1 Å². The predicted octanol–water partition coefficient (Wildman–Crippen LogP) is -0.265. The van der Waals surface area contributed by atoms with E-state index in [1.165, 1.54) is 36.8 Å². The molecule has 0 fully saturated rings. The molecule has 0 atom stereocenters. The molecule has 3 heterocycles. The van der Waals surface area contributed by atoms with Gasteiger partial charge in [0.25, 0.3) is 0 Å². The van der Waals surface area contributed by atoms with Gasteiger partial charge in [-0.3, -0.25) is 0 Å². The normalized spacial score (nSPS) is 9.26. The molecule has 0 amide bonds. The summed E-state index contributed by atoms with van der Waals surface area (Å²) in [5.41, 5.74) is -2.03. The standard InChI is InChI=1S/3C6H9N3O2.Fe/c3*1-2-7-5-3-4-9(11)6(10)8-5;/h3*3-4,11H,2H2,1H3,(H,7,8,10);/q;;;+3. The van der Waals surface area contributed by atoms with Crippen LogP contribution in [0.25, 0.3) is 0 Å². The van der Waals surface area contributed by atoms with Crippen molar-refractivity contribution in [3.8, 4) is 0 Å². The summed E-state index contributed by atoms with van der Waals surface area (Å²) in [5, 5.41) is 34.7.